The van der Waals surface area contributed by atoms with Gasteiger partial charge < -0.3 is 18.3 Å². The molecule has 0 amide bonds. The smallest absolute Gasteiger partial charge is 0.230 e. The third-order valence-electron chi connectivity index (χ3n) is 17.4. The molecule has 1 aliphatic rings. The summed E-state index contributed by atoms with van der Waals surface area (Å²) in [5, 5.41) is 20.9. The Morgan fingerprint density at radius 1 is 0.380 bits per heavy atom. The number of rotatable bonds is 4. The lowest BCUT2D eigenvalue weighted by Crippen LogP contribution is -2.42. The van der Waals surface area contributed by atoms with Gasteiger partial charge in [0, 0.05) is 54.5 Å². The van der Waals surface area contributed by atoms with Crippen LogP contribution in [-0.4, -0.2) is 18.3 Å². The lowest BCUT2D eigenvalue weighted by Gasteiger charge is -2.45. The van der Waals surface area contributed by atoms with Gasteiger partial charge >= 0.3 is 0 Å². The summed E-state index contributed by atoms with van der Waals surface area (Å²) in [6.07, 6.45) is 0. The zero-order chi connectivity index (χ0) is 48.3. The van der Waals surface area contributed by atoms with Crippen LogP contribution in [0.3, 0.4) is 0 Å². The molecule has 0 fully saturated rings. The summed E-state index contributed by atoms with van der Waals surface area (Å²) in [5.41, 5.74) is 14.0. The molecule has 0 bridgehead atoms. The second-order valence-electron chi connectivity index (χ2n) is 21.1. The average molecular weight is 913 g/mol. The number of hydrogen-bond donors (Lipinski definition) is 0. The summed E-state index contributed by atoms with van der Waals surface area (Å²) in [7, 11) is 0. The van der Waals surface area contributed by atoms with E-state index in [0.717, 1.165) is 121 Å². The summed E-state index contributed by atoms with van der Waals surface area (Å²) in [6.45, 7) is 23.6. The molecule has 13 aromatic rings. The molecular formula is C65H48N6. The second-order valence-corrected chi connectivity index (χ2v) is 21.1. The zero-order valence-corrected chi connectivity index (χ0v) is 40.5. The van der Waals surface area contributed by atoms with Gasteiger partial charge in [-0.05, 0) is 100 Å². The highest BCUT2D eigenvalue weighted by atomic mass is 15.1. The number of nitrogens with zero attached hydrogens (tertiary/aromatic N) is 6. The van der Waals surface area contributed by atoms with Gasteiger partial charge in [0.2, 0.25) is 5.69 Å². The van der Waals surface area contributed by atoms with Crippen LogP contribution < -0.4 is 0 Å². The van der Waals surface area contributed by atoms with Crippen LogP contribution in [0.25, 0.3) is 115 Å². The fraction of sp³-hybridized carbons (Fsp3) is 0.138. The van der Waals surface area contributed by atoms with Crippen molar-refractivity contribution < 1.29 is 0 Å². The summed E-state index contributed by atoms with van der Waals surface area (Å²) < 4.78 is 9.44. The first-order valence-electron chi connectivity index (χ1n) is 24.5. The van der Waals surface area contributed by atoms with E-state index >= 15 is 0 Å². The van der Waals surface area contributed by atoms with Crippen molar-refractivity contribution in [2.24, 2.45) is 5.41 Å². The molecule has 4 aromatic heterocycles. The first-order valence-corrected chi connectivity index (χ1v) is 24.5. The molecule has 0 aliphatic heterocycles. The van der Waals surface area contributed by atoms with Gasteiger partial charge in [0.15, 0.2) is 0 Å². The molecule has 14 rings (SSSR count). The maximum absolute atomic E-state index is 12.0. The third-order valence-corrected chi connectivity index (χ3v) is 17.4. The van der Waals surface area contributed by atoms with Crippen LogP contribution >= 0.6 is 0 Å². The van der Waals surface area contributed by atoms with Gasteiger partial charge in [0.25, 0.3) is 0 Å². The Hall–Kier alpha value is -8.84. The van der Waals surface area contributed by atoms with E-state index < -0.39 is 10.8 Å². The van der Waals surface area contributed by atoms with Gasteiger partial charge in [-0.25, -0.2) is 4.85 Å². The van der Waals surface area contributed by atoms with Gasteiger partial charge in [-0.2, -0.15) is 5.26 Å². The van der Waals surface area contributed by atoms with Crippen LogP contribution in [0, 0.1) is 23.3 Å². The number of hydrogen-bond acceptors (Lipinski definition) is 1. The van der Waals surface area contributed by atoms with E-state index in [1.807, 2.05) is 0 Å². The van der Waals surface area contributed by atoms with Gasteiger partial charge in [0.1, 0.15) is 0 Å². The Labute approximate surface area is 411 Å². The van der Waals surface area contributed by atoms with Crippen molar-refractivity contribution in [3.05, 3.63) is 210 Å². The Bertz CT molecular complexity index is 4260. The fourth-order valence-electron chi connectivity index (χ4n) is 13.0. The minimum atomic E-state index is -0.484. The largest absolute Gasteiger partial charge is 0.319 e. The molecule has 338 valence electrons. The van der Waals surface area contributed by atoms with E-state index in [9.17, 15) is 11.8 Å². The van der Waals surface area contributed by atoms with Gasteiger partial charge in [-0.15, -0.1) is 0 Å². The second kappa shape index (κ2) is 14.1. The van der Waals surface area contributed by atoms with Crippen LogP contribution in [0.15, 0.2) is 182 Å². The summed E-state index contributed by atoms with van der Waals surface area (Å²) in [5.74, 6) is 0. The SMILES string of the molecule is [C-]#[N+]c1c(C#N)c(-n2c3ccccc3c3cc4c(cc32)c2ccccc2n4-c2ccccc2)c2c(c1-n1c3ccccc3c3cc4c(cc31)c1ccccc1n4-c1ccccc1)C(C)(C)C(C)(C)C2(C)C. The number of aromatic nitrogens is 4. The molecule has 6 nitrogen and oxygen atoms in total. The minimum Gasteiger partial charge on any atom is -0.319 e. The Balaban J connectivity index is 1.16. The molecule has 6 heteroatoms. The van der Waals surface area contributed by atoms with Gasteiger partial charge in [0.05, 0.1) is 73.7 Å². The van der Waals surface area contributed by atoms with E-state index in [1.54, 1.807) is 0 Å². The van der Waals surface area contributed by atoms with Crippen molar-refractivity contribution >= 4 is 92.9 Å². The molecule has 0 radical (unpaired) electrons. The highest BCUT2D eigenvalue weighted by molar-refractivity contribution is 6.21. The van der Waals surface area contributed by atoms with E-state index in [0.29, 0.717) is 11.3 Å². The topological polar surface area (TPSA) is 47.9 Å². The van der Waals surface area contributed by atoms with E-state index in [-0.39, 0.29) is 5.41 Å². The standard InChI is InChI=1S/C65H48N6/c1-63(2)58-59(64(3,4)65(63,5)6)62(71-53-33-21-17-29-44(53)48-35-55-46(37-57(48)71)42-27-15-19-31-51(42)69(55)40-24-12-9-13-25-40)60(67-7)49(38-66)61(58)70-52-32-20-16-28-43(52)47-34-54-45(36-56(47)70)41-26-14-18-30-50(41)68(54)39-22-10-8-11-23-39/h8-37H,1-6H3. The molecule has 0 atom stereocenters. The van der Waals surface area contributed by atoms with Crippen molar-refractivity contribution in [2.45, 2.75) is 52.4 Å². The van der Waals surface area contributed by atoms with Crippen LogP contribution in [0.1, 0.15) is 58.2 Å². The number of para-hydroxylation sites is 6. The predicted molar refractivity (Wildman–Crippen MR) is 295 cm³/mol. The van der Waals surface area contributed by atoms with E-state index in [4.69, 9.17) is 0 Å². The number of benzene rings is 9. The molecule has 4 heterocycles. The predicted octanol–water partition coefficient (Wildman–Crippen LogP) is 17.1. The maximum Gasteiger partial charge on any atom is 0.230 e. The third kappa shape index (κ3) is 5.09. The van der Waals surface area contributed by atoms with Crippen molar-refractivity contribution in [3.63, 3.8) is 0 Å². The minimum absolute atomic E-state index is 0.344. The van der Waals surface area contributed by atoms with Gasteiger partial charge in [-0.1, -0.05) is 151 Å². The highest BCUT2D eigenvalue weighted by Crippen LogP contribution is 2.66. The van der Waals surface area contributed by atoms with Gasteiger partial charge in [-0.3, -0.25) is 0 Å². The first kappa shape index (κ1) is 41.2. The van der Waals surface area contributed by atoms with Crippen LogP contribution in [0.2, 0.25) is 0 Å². The van der Waals surface area contributed by atoms with Crippen LogP contribution in [0.4, 0.5) is 5.69 Å². The zero-order valence-electron chi connectivity index (χ0n) is 40.5. The lowest BCUT2D eigenvalue weighted by atomic mass is 9.59. The molecule has 0 saturated heterocycles. The molecule has 1 aliphatic carbocycles. The molecule has 0 saturated carbocycles. The van der Waals surface area contributed by atoms with Crippen molar-refractivity contribution in [1.82, 2.24) is 18.3 Å². The van der Waals surface area contributed by atoms with Crippen LogP contribution in [-0.2, 0) is 10.8 Å². The average Bonchev–Trinajstić information content (AvgIpc) is 4.13. The Kier molecular flexibility index (Phi) is 8.19. The quantitative estimate of drug-likeness (QED) is 0.162. The first-order chi connectivity index (χ1) is 34.5. The molecular weight excluding hydrogens is 865 g/mol. The van der Waals surface area contributed by atoms with E-state index in [2.05, 4.69) is 253 Å². The molecule has 0 spiro atoms. The molecule has 0 N–H and O–H groups in total. The number of fused-ring (bicyclic) bond motifs is 13. The van der Waals surface area contributed by atoms with E-state index in [1.165, 1.54) is 0 Å². The molecule has 0 unspecified atom stereocenters. The Morgan fingerprint density at radius 3 is 1.06 bits per heavy atom. The lowest BCUT2D eigenvalue weighted by molar-refractivity contribution is 0.125. The molecule has 9 aromatic carbocycles. The Morgan fingerprint density at radius 2 is 0.690 bits per heavy atom. The molecule has 71 heavy (non-hydrogen) atoms. The monoisotopic (exact) mass is 912 g/mol. The summed E-state index contributed by atoms with van der Waals surface area (Å²) >= 11 is 0. The normalized spacial score (nSPS) is 14.9. The maximum atomic E-state index is 12.0. The van der Waals surface area contributed by atoms with Crippen molar-refractivity contribution in [3.8, 4) is 28.8 Å². The summed E-state index contributed by atoms with van der Waals surface area (Å²) in [6, 6.07) is 67.8. The van der Waals surface area contributed by atoms with Crippen LogP contribution in [0.5, 0.6) is 0 Å². The summed E-state index contributed by atoms with van der Waals surface area (Å²) in [4.78, 5) is 4.55. The van der Waals surface area contributed by atoms with Crippen molar-refractivity contribution in [2.75, 3.05) is 0 Å². The van der Waals surface area contributed by atoms with Crippen molar-refractivity contribution in [1.29, 1.82) is 5.26 Å². The fourth-order valence-corrected chi connectivity index (χ4v) is 13.0. The number of nitriles is 1. The highest BCUT2D eigenvalue weighted by Gasteiger charge is 2.60.